The molecule has 1 aliphatic rings. The van der Waals surface area contributed by atoms with Gasteiger partial charge in [-0.2, -0.15) is 0 Å². The van der Waals surface area contributed by atoms with Crippen molar-refractivity contribution in [1.82, 2.24) is 5.32 Å². The maximum Gasteiger partial charge on any atom is 0.305 e. The van der Waals surface area contributed by atoms with E-state index in [1.807, 2.05) is 92.7 Å². The summed E-state index contributed by atoms with van der Waals surface area (Å²) >= 11 is 0. The summed E-state index contributed by atoms with van der Waals surface area (Å²) in [5, 5.41) is 3.05. The van der Waals surface area contributed by atoms with Gasteiger partial charge in [-0.15, -0.1) is 0 Å². The number of rotatable bonds is 9. The Labute approximate surface area is 270 Å². The van der Waals surface area contributed by atoms with E-state index < -0.39 is 30.4 Å². The third-order valence-electron chi connectivity index (χ3n) is 8.49. The standard InChI is InChI=1S/C39H39NO6/c1-25-26(2)37(39(45-28(4)42)46-34(25)24-44-27(3)41)40-38(43)33-22-20-32(21-23-33)36(31-18-12-7-13-19-31)35(29-14-8-5-9-15-29)30-16-10-6-11-17-30/h5-23,25-26,34,37,39H,24H2,1-4H3,(H,40,43). The van der Waals surface area contributed by atoms with Gasteiger partial charge in [-0.25, -0.2) is 0 Å². The van der Waals surface area contributed by atoms with Crippen LogP contribution in [0.2, 0.25) is 0 Å². The molecule has 0 spiro atoms. The molecule has 0 radical (unpaired) electrons. The maximum atomic E-state index is 13.6. The number of hydrogen-bond acceptors (Lipinski definition) is 6. The summed E-state index contributed by atoms with van der Waals surface area (Å²) in [7, 11) is 0. The van der Waals surface area contributed by atoms with E-state index in [2.05, 4.69) is 41.7 Å². The Kier molecular flexibility index (Phi) is 10.5. The highest BCUT2D eigenvalue weighted by molar-refractivity contribution is 6.05. The average molecular weight is 618 g/mol. The SMILES string of the molecule is CC(=O)OCC1OC(OC(C)=O)C(NC(=O)c2ccc(C(=C(c3ccccc3)c3ccccc3)c3ccccc3)cc2)C(C)C1C. The van der Waals surface area contributed by atoms with Crippen LogP contribution >= 0.6 is 0 Å². The van der Waals surface area contributed by atoms with Crippen molar-refractivity contribution in [3.63, 3.8) is 0 Å². The fraction of sp³-hybridized carbons (Fsp3) is 0.256. The Balaban J connectivity index is 1.48. The van der Waals surface area contributed by atoms with Crippen molar-refractivity contribution in [2.24, 2.45) is 11.8 Å². The summed E-state index contributed by atoms with van der Waals surface area (Å²) in [6.45, 7) is 6.58. The van der Waals surface area contributed by atoms with Gasteiger partial charge in [0, 0.05) is 19.4 Å². The molecular formula is C39H39NO6. The highest BCUT2D eigenvalue weighted by atomic mass is 16.7. The number of benzene rings is 4. The van der Waals surface area contributed by atoms with Crippen LogP contribution in [0.4, 0.5) is 0 Å². The smallest absolute Gasteiger partial charge is 0.305 e. The van der Waals surface area contributed by atoms with Crippen molar-refractivity contribution in [3.8, 4) is 0 Å². The molecule has 236 valence electrons. The van der Waals surface area contributed by atoms with E-state index in [0.717, 1.165) is 33.4 Å². The molecule has 5 unspecified atom stereocenters. The molecule has 46 heavy (non-hydrogen) atoms. The molecule has 0 bridgehead atoms. The molecular weight excluding hydrogens is 578 g/mol. The molecule has 4 aromatic rings. The lowest BCUT2D eigenvalue weighted by Gasteiger charge is -2.43. The highest BCUT2D eigenvalue weighted by Crippen LogP contribution is 2.37. The molecule has 5 atom stereocenters. The van der Waals surface area contributed by atoms with Crippen molar-refractivity contribution in [3.05, 3.63) is 143 Å². The van der Waals surface area contributed by atoms with E-state index in [1.165, 1.54) is 13.8 Å². The first-order valence-electron chi connectivity index (χ1n) is 15.5. The van der Waals surface area contributed by atoms with Crippen LogP contribution in [-0.2, 0) is 23.8 Å². The molecule has 5 rings (SSSR count). The fourth-order valence-corrected chi connectivity index (χ4v) is 5.90. The summed E-state index contributed by atoms with van der Waals surface area (Å²) in [5.41, 5.74) is 6.76. The Morgan fingerprint density at radius 2 is 1.04 bits per heavy atom. The van der Waals surface area contributed by atoms with Crippen LogP contribution in [0.25, 0.3) is 11.1 Å². The Morgan fingerprint density at radius 1 is 0.609 bits per heavy atom. The molecule has 1 N–H and O–H groups in total. The maximum absolute atomic E-state index is 13.6. The Morgan fingerprint density at radius 3 is 1.48 bits per heavy atom. The van der Waals surface area contributed by atoms with Gasteiger partial charge in [0.15, 0.2) is 0 Å². The third-order valence-corrected chi connectivity index (χ3v) is 8.49. The predicted molar refractivity (Wildman–Crippen MR) is 177 cm³/mol. The van der Waals surface area contributed by atoms with Gasteiger partial charge in [0.25, 0.3) is 5.91 Å². The molecule has 4 aromatic carbocycles. The van der Waals surface area contributed by atoms with Crippen molar-refractivity contribution in [2.75, 3.05) is 6.61 Å². The minimum Gasteiger partial charge on any atom is -0.463 e. The van der Waals surface area contributed by atoms with Crippen LogP contribution in [0.15, 0.2) is 115 Å². The lowest BCUT2D eigenvalue weighted by atomic mass is 9.82. The number of hydrogen-bond donors (Lipinski definition) is 1. The summed E-state index contributed by atoms with van der Waals surface area (Å²) in [6, 6.07) is 37.8. The molecule has 1 amide bonds. The Hall–Kier alpha value is -5.01. The zero-order valence-electron chi connectivity index (χ0n) is 26.5. The van der Waals surface area contributed by atoms with E-state index in [1.54, 1.807) is 0 Å². The van der Waals surface area contributed by atoms with Gasteiger partial charge < -0.3 is 19.5 Å². The van der Waals surface area contributed by atoms with E-state index in [-0.39, 0.29) is 24.3 Å². The molecule has 7 heteroatoms. The first-order chi connectivity index (χ1) is 22.2. The zero-order valence-corrected chi connectivity index (χ0v) is 26.5. The summed E-state index contributed by atoms with van der Waals surface area (Å²) in [6.07, 6.45) is -1.51. The molecule has 1 aliphatic heterocycles. The van der Waals surface area contributed by atoms with Gasteiger partial charge >= 0.3 is 11.9 Å². The predicted octanol–water partition coefficient (Wildman–Crippen LogP) is 6.92. The molecule has 0 saturated carbocycles. The first kappa shape index (κ1) is 32.4. The molecule has 1 fully saturated rings. The fourth-order valence-electron chi connectivity index (χ4n) is 5.90. The lowest BCUT2D eigenvalue weighted by molar-refractivity contribution is -0.237. The summed E-state index contributed by atoms with van der Waals surface area (Å²) in [5.74, 6) is -1.50. The summed E-state index contributed by atoms with van der Waals surface area (Å²) < 4.78 is 16.7. The quantitative estimate of drug-likeness (QED) is 0.162. The molecule has 1 saturated heterocycles. The van der Waals surface area contributed by atoms with Gasteiger partial charge in [-0.1, -0.05) is 117 Å². The Bertz CT molecular complexity index is 1630. The summed E-state index contributed by atoms with van der Waals surface area (Å²) in [4.78, 5) is 37.0. The minimum atomic E-state index is -1.03. The number of ether oxygens (including phenoxy) is 3. The number of amides is 1. The van der Waals surface area contributed by atoms with E-state index >= 15 is 0 Å². The van der Waals surface area contributed by atoms with Gasteiger partial charge in [-0.05, 0) is 57.4 Å². The number of carbonyl (C=O) groups excluding carboxylic acids is 3. The van der Waals surface area contributed by atoms with Crippen LogP contribution < -0.4 is 5.32 Å². The number of esters is 2. The van der Waals surface area contributed by atoms with Crippen LogP contribution in [0.1, 0.15) is 60.3 Å². The first-order valence-corrected chi connectivity index (χ1v) is 15.5. The number of carbonyl (C=O) groups is 3. The number of nitrogens with one attached hydrogen (secondary N) is 1. The normalized spacial score (nSPS) is 20.7. The van der Waals surface area contributed by atoms with Crippen LogP contribution in [0.3, 0.4) is 0 Å². The van der Waals surface area contributed by atoms with Crippen molar-refractivity contribution in [1.29, 1.82) is 0 Å². The van der Waals surface area contributed by atoms with Gasteiger partial charge in [0.05, 0.1) is 12.1 Å². The van der Waals surface area contributed by atoms with Crippen LogP contribution in [0, 0.1) is 11.8 Å². The average Bonchev–Trinajstić information content (AvgIpc) is 3.07. The molecule has 1 heterocycles. The van der Waals surface area contributed by atoms with Crippen molar-refractivity contribution in [2.45, 2.75) is 46.1 Å². The third kappa shape index (κ3) is 7.61. The zero-order chi connectivity index (χ0) is 32.6. The molecule has 7 nitrogen and oxygen atoms in total. The largest absolute Gasteiger partial charge is 0.463 e. The van der Waals surface area contributed by atoms with E-state index in [0.29, 0.717) is 5.56 Å². The molecule has 0 aliphatic carbocycles. The highest BCUT2D eigenvalue weighted by Gasteiger charge is 2.44. The van der Waals surface area contributed by atoms with Gasteiger partial charge in [0.1, 0.15) is 6.61 Å². The van der Waals surface area contributed by atoms with E-state index in [4.69, 9.17) is 14.2 Å². The second kappa shape index (κ2) is 14.8. The second-order valence-corrected chi connectivity index (χ2v) is 11.6. The monoisotopic (exact) mass is 617 g/mol. The minimum absolute atomic E-state index is 0.0337. The topological polar surface area (TPSA) is 90.9 Å². The lowest BCUT2D eigenvalue weighted by Crippen LogP contribution is -2.59. The van der Waals surface area contributed by atoms with E-state index in [9.17, 15) is 14.4 Å². The molecule has 0 aromatic heterocycles. The van der Waals surface area contributed by atoms with Crippen LogP contribution in [-0.4, -0.2) is 42.9 Å². The van der Waals surface area contributed by atoms with Crippen LogP contribution in [0.5, 0.6) is 0 Å². The van der Waals surface area contributed by atoms with Crippen molar-refractivity contribution < 1.29 is 28.6 Å². The van der Waals surface area contributed by atoms with Crippen molar-refractivity contribution >= 4 is 29.0 Å². The van der Waals surface area contributed by atoms with Gasteiger partial charge in [-0.3, -0.25) is 14.4 Å². The van der Waals surface area contributed by atoms with Gasteiger partial charge in [0.2, 0.25) is 6.29 Å². The second-order valence-electron chi connectivity index (χ2n) is 11.6.